The maximum atomic E-state index is 13.3. The van der Waals surface area contributed by atoms with Gasteiger partial charge in [0.1, 0.15) is 11.5 Å². The van der Waals surface area contributed by atoms with Gasteiger partial charge in [-0.15, -0.1) is 0 Å². The lowest BCUT2D eigenvalue weighted by Gasteiger charge is -2.14. The number of carbonyl (C=O) groups excluding carboxylic acids is 2. The fourth-order valence-corrected chi connectivity index (χ4v) is 3.09. The van der Waals surface area contributed by atoms with Crippen molar-refractivity contribution in [1.29, 1.82) is 0 Å². The van der Waals surface area contributed by atoms with Crippen molar-refractivity contribution >= 4 is 17.3 Å². The lowest BCUT2D eigenvalue weighted by molar-refractivity contribution is 0.0947. The Balaban J connectivity index is 1.86. The van der Waals surface area contributed by atoms with Gasteiger partial charge in [-0.2, -0.15) is 0 Å². The van der Waals surface area contributed by atoms with Gasteiger partial charge in [0, 0.05) is 24.7 Å². The van der Waals surface area contributed by atoms with Crippen molar-refractivity contribution in [2.75, 3.05) is 13.7 Å². The number of hydrogen-bond donors (Lipinski definition) is 2. The molecule has 146 valence electrons. The normalized spacial score (nSPS) is 14.2. The Hall–Kier alpha value is -3.08. The van der Waals surface area contributed by atoms with Crippen LogP contribution in [0.1, 0.15) is 52.6 Å². The Morgan fingerprint density at radius 1 is 1.21 bits per heavy atom. The number of allylic oxidation sites excluding steroid dienone is 3. The second kappa shape index (κ2) is 8.74. The van der Waals surface area contributed by atoms with Crippen LogP contribution in [0, 0.1) is 5.92 Å². The number of ether oxygens (including phenoxy) is 1. The van der Waals surface area contributed by atoms with Gasteiger partial charge in [0.15, 0.2) is 5.78 Å². The fraction of sp³-hybridized carbons (Fsp3) is 0.304. The number of ketones is 1. The first-order valence-electron chi connectivity index (χ1n) is 9.58. The predicted molar refractivity (Wildman–Crippen MR) is 110 cm³/mol. The maximum Gasteiger partial charge on any atom is 0.267 e. The van der Waals surface area contributed by atoms with Crippen LogP contribution in [-0.2, 0) is 4.74 Å². The molecule has 28 heavy (non-hydrogen) atoms. The summed E-state index contributed by atoms with van der Waals surface area (Å²) in [6.07, 6.45) is 4.46. The minimum absolute atomic E-state index is 0.194. The summed E-state index contributed by atoms with van der Waals surface area (Å²) in [5.74, 6) is 0.753. The largest absolute Gasteiger partial charge is 0.500 e. The second-order valence-electron chi connectivity index (χ2n) is 6.98. The van der Waals surface area contributed by atoms with Crippen LogP contribution in [0.2, 0.25) is 0 Å². The Bertz CT molecular complexity index is 899. The monoisotopic (exact) mass is 378 g/mol. The second-order valence-corrected chi connectivity index (χ2v) is 6.98. The molecule has 1 saturated carbocycles. The molecule has 5 nitrogen and oxygen atoms in total. The van der Waals surface area contributed by atoms with Crippen molar-refractivity contribution < 1.29 is 14.3 Å². The van der Waals surface area contributed by atoms with Gasteiger partial charge in [-0.1, -0.05) is 43.8 Å². The van der Waals surface area contributed by atoms with Crippen LogP contribution < -0.4 is 5.32 Å². The molecule has 1 heterocycles. The third kappa shape index (κ3) is 4.42. The molecule has 2 aromatic rings. The molecule has 2 N–H and O–H groups in total. The molecule has 1 aliphatic rings. The average molecular weight is 378 g/mol. The number of hydrogen-bond acceptors (Lipinski definition) is 3. The van der Waals surface area contributed by atoms with Gasteiger partial charge < -0.3 is 15.0 Å². The van der Waals surface area contributed by atoms with Crippen molar-refractivity contribution in [2.24, 2.45) is 5.92 Å². The molecule has 0 unspecified atom stereocenters. The van der Waals surface area contributed by atoms with Crippen LogP contribution in [0.5, 0.6) is 0 Å². The van der Waals surface area contributed by atoms with Gasteiger partial charge in [-0.05, 0) is 36.0 Å². The molecule has 1 aliphatic carbocycles. The summed E-state index contributed by atoms with van der Waals surface area (Å²) in [6, 6.07) is 11.1. The summed E-state index contributed by atoms with van der Waals surface area (Å²) in [6.45, 7) is 6.75. The predicted octanol–water partition coefficient (Wildman–Crippen LogP) is 4.36. The highest BCUT2D eigenvalue weighted by Crippen LogP contribution is 2.29. The zero-order valence-electron chi connectivity index (χ0n) is 16.4. The van der Waals surface area contributed by atoms with E-state index < -0.39 is 0 Å². The van der Waals surface area contributed by atoms with Crippen LogP contribution in [0.25, 0.3) is 5.57 Å². The molecule has 0 radical (unpaired) electrons. The number of aromatic amines is 1. The van der Waals surface area contributed by atoms with Crippen molar-refractivity contribution in [3.8, 4) is 0 Å². The van der Waals surface area contributed by atoms with E-state index in [9.17, 15) is 9.59 Å². The fourth-order valence-electron chi connectivity index (χ4n) is 3.09. The number of aromatic nitrogens is 1. The standard InChI is InChI=1S/C23H26N2O3/c1-4-20(28-3)21(15(2)17-8-6-5-7-9-17)22(26)18-12-19(24-14-18)23(27)25-13-16-10-11-16/h5-9,12,14,16,24H,2,4,10-11,13H2,1,3H3,(H,25,27)/b21-20+. The van der Waals surface area contributed by atoms with Gasteiger partial charge in [0.25, 0.3) is 5.91 Å². The zero-order chi connectivity index (χ0) is 20.1. The number of benzene rings is 1. The van der Waals surface area contributed by atoms with E-state index in [-0.39, 0.29) is 11.7 Å². The number of nitrogens with one attached hydrogen (secondary N) is 2. The van der Waals surface area contributed by atoms with Crippen molar-refractivity contribution in [3.63, 3.8) is 0 Å². The smallest absolute Gasteiger partial charge is 0.267 e. The Morgan fingerprint density at radius 3 is 2.54 bits per heavy atom. The van der Waals surface area contributed by atoms with Crippen LogP contribution >= 0.6 is 0 Å². The van der Waals surface area contributed by atoms with E-state index >= 15 is 0 Å². The number of rotatable bonds is 9. The molecular weight excluding hydrogens is 352 g/mol. The highest BCUT2D eigenvalue weighted by atomic mass is 16.5. The first-order valence-corrected chi connectivity index (χ1v) is 9.58. The molecule has 1 aromatic carbocycles. The third-order valence-corrected chi connectivity index (χ3v) is 4.94. The summed E-state index contributed by atoms with van der Waals surface area (Å²) < 4.78 is 5.48. The third-order valence-electron chi connectivity index (χ3n) is 4.94. The highest BCUT2D eigenvalue weighted by Gasteiger charge is 2.25. The summed E-state index contributed by atoms with van der Waals surface area (Å²) >= 11 is 0. The summed E-state index contributed by atoms with van der Waals surface area (Å²) in [7, 11) is 1.55. The Labute approximate surface area is 165 Å². The summed E-state index contributed by atoms with van der Waals surface area (Å²) in [4.78, 5) is 28.5. The average Bonchev–Trinajstić information content (AvgIpc) is 3.43. The van der Waals surface area contributed by atoms with E-state index in [2.05, 4.69) is 16.9 Å². The van der Waals surface area contributed by atoms with Gasteiger partial charge >= 0.3 is 0 Å². The van der Waals surface area contributed by atoms with Crippen molar-refractivity contribution in [3.05, 3.63) is 77.3 Å². The van der Waals surface area contributed by atoms with E-state index in [4.69, 9.17) is 4.74 Å². The molecule has 0 saturated heterocycles. The quantitative estimate of drug-likeness (QED) is 0.295. The first kappa shape index (κ1) is 19.7. The van der Waals surface area contributed by atoms with Gasteiger partial charge in [-0.3, -0.25) is 9.59 Å². The minimum Gasteiger partial charge on any atom is -0.500 e. The molecule has 1 amide bonds. The Kier molecular flexibility index (Phi) is 6.14. The zero-order valence-corrected chi connectivity index (χ0v) is 16.4. The molecule has 0 aliphatic heterocycles. The van der Waals surface area contributed by atoms with Crippen LogP contribution in [0.4, 0.5) is 0 Å². The molecule has 0 atom stereocenters. The number of carbonyl (C=O) groups is 2. The molecule has 0 bridgehead atoms. The maximum absolute atomic E-state index is 13.3. The molecule has 5 heteroatoms. The van der Waals surface area contributed by atoms with Crippen molar-refractivity contribution in [1.82, 2.24) is 10.3 Å². The highest BCUT2D eigenvalue weighted by molar-refractivity contribution is 6.19. The number of H-pyrrole nitrogens is 1. The van der Waals surface area contributed by atoms with E-state index in [0.717, 1.165) is 5.56 Å². The summed E-state index contributed by atoms with van der Waals surface area (Å²) in [5.41, 5.74) is 2.67. The van der Waals surface area contributed by atoms with Crippen LogP contribution in [0.3, 0.4) is 0 Å². The number of methoxy groups -OCH3 is 1. The van der Waals surface area contributed by atoms with E-state index in [0.29, 0.717) is 47.0 Å². The molecule has 1 aromatic heterocycles. The van der Waals surface area contributed by atoms with Gasteiger partial charge in [0.2, 0.25) is 0 Å². The molecule has 1 fully saturated rings. The van der Waals surface area contributed by atoms with Gasteiger partial charge in [0.05, 0.1) is 12.7 Å². The molecular formula is C23H26N2O3. The van der Waals surface area contributed by atoms with E-state index in [1.807, 2.05) is 37.3 Å². The molecule has 0 spiro atoms. The number of amides is 1. The summed E-state index contributed by atoms with van der Waals surface area (Å²) in [5, 5.41) is 2.90. The van der Waals surface area contributed by atoms with E-state index in [1.165, 1.54) is 12.8 Å². The lowest BCUT2D eigenvalue weighted by Crippen LogP contribution is -2.25. The lowest BCUT2D eigenvalue weighted by atomic mass is 9.92. The van der Waals surface area contributed by atoms with Crippen LogP contribution in [-0.4, -0.2) is 30.3 Å². The van der Waals surface area contributed by atoms with Crippen molar-refractivity contribution in [2.45, 2.75) is 26.2 Å². The molecule has 3 rings (SSSR count). The Morgan fingerprint density at radius 2 is 1.93 bits per heavy atom. The topological polar surface area (TPSA) is 71.2 Å². The van der Waals surface area contributed by atoms with E-state index in [1.54, 1.807) is 19.4 Å². The SMILES string of the molecule is C=C(/C(C(=O)c1c[nH]c(C(=O)NCC2CC2)c1)=C(/CC)OC)c1ccccc1. The number of Topliss-reactive ketones (excluding diaryl/α,β-unsaturated/α-hetero) is 1. The van der Waals surface area contributed by atoms with Gasteiger partial charge in [-0.25, -0.2) is 0 Å². The minimum atomic E-state index is -0.218. The first-order chi connectivity index (χ1) is 13.5. The van der Waals surface area contributed by atoms with Crippen LogP contribution in [0.15, 0.2) is 60.5 Å².